The Bertz CT molecular complexity index is 701. The molecular weight excluding hydrogens is 352 g/mol. The maximum absolute atomic E-state index is 12.3. The van der Waals surface area contributed by atoms with Gasteiger partial charge < -0.3 is 23.7 Å². The fraction of sp³-hybridized carbons (Fsp3) is 0.933. The highest BCUT2D eigenvalue weighted by Gasteiger charge is 2.70. The van der Waals surface area contributed by atoms with Gasteiger partial charge in [-0.2, -0.15) is 9.57 Å². The molecule has 0 amide bonds. The lowest BCUT2D eigenvalue weighted by atomic mass is 9.87. The first-order valence-corrected chi connectivity index (χ1v) is 9.85. The maximum atomic E-state index is 12.3. The maximum Gasteiger partial charge on any atom is 0.212 e. The first-order chi connectivity index (χ1) is 11.3. The number of hydrogen-bond acceptors (Lipinski definition) is 8. The van der Waals surface area contributed by atoms with Crippen molar-refractivity contribution < 1.29 is 32.1 Å². The largest absolute Gasteiger partial charge is 0.348 e. The van der Waals surface area contributed by atoms with Gasteiger partial charge in [0.05, 0.1) is 18.9 Å². The molecule has 3 heterocycles. The predicted molar refractivity (Wildman–Crippen MR) is 84.6 cm³/mol. The Balaban J connectivity index is 2.05. The molecule has 3 fully saturated rings. The molecule has 142 valence electrons. The van der Waals surface area contributed by atoms with Crippen LogP contribution < -0.4 is 0 Å². The number of nitriles is 1. The second-order valence-corrected chi connectivity index (χ2v) is 9.53. The summed E-state index contributed by atoms with van der Waals surface area (Å²) >= 11 is 0. The molecule has 0 aromatic carbocycles. The zero-order chi connectivity index (χ0) is 18.8. The van der Waals surface area contributed by atoms with Crippen molar-refractivity contribution in [2.75, 3.05) is 19.9 Å². The van der Waals surface area contributed by atoms with Crippen molar-refractivity contribution in [2.24, 2.45) is 0 Å². The van der Waals surface area contributed by atoms with Gasteiger partial charge in [-0.05, 0) is 27.7 Å². The monoisotopic (exact) mass is 376 g/mol. The van der Waals surface area contributed by atoms with E-state index in [1.807, 2.05) is 0 Å². The van der Waals surface area contributed by atoms with Gasteiger partial charge in [-0.25, -0.2) is 8.42 Å². The minimum atomic E-state index is -3.73. The minimum Gasteiger partial charge on any atom is -0.348 e. The van der Waals surface area contributed by atoms with E-state index in [-0.39, 0.29) is 6.61 Å². The molecule has 0 radical (unpaired) electrons. The molecule has 0 saturated carbocycles. The van der Waals surface area contributed by atoms with Crippen LogP contribution in [0.2, 0.25) is 0 Å². The summed E-state index contributed by atoms with van der Waals surface area (Å²) in [6.45, 7) is 7.02. The molecule has 10 heteroatoms. The van der Waals surface area contributed by atoms with Crippen molar-refractivity contribution in [1.29, 1.82) is 5.26 Å². The van der Waals surface area contributed by atoms with Crippen LogP contribution >= 0.6 is 0 Å². The van der Waals surface area contributed by atoms with Crippen LogP contribution in [0.5, 0.6) is 0 Å². The summed E-state index contributed by atoms with van der Waals surface area (Å²) in [5.41, 5.74) is -1.64. The highest BCUT2D eigenvalue weighted by atomic mass is 32.2. The number of fused-ring (bicyclic) bond motifs is 1. The second kappa shape index (κ2) is 5.60. The van der Waals surface area contributed by atoms with E-state index >= 15 is 0 Å². The summed E-state index contributed by atoms with van der Waals surface area (Å²) in [6, 6.07) is 2.13. The Labute approximate surface area is 147 Å². The molecule has 3 aliphatic heterocycles. The smallest absolute Gasteiger partial charge is 0.212 e. The average Bonchev–Trinajstić information content (AvgIpc) is 3.05. The Morgan fingerprint density at radius 1 is 1.08 bits per heavy atom. The van der Waals surface area contributed by atoms with Crippen molar-refractivity contribution >= 4 is 10.0 Å². The lowest BCUT2D eigenvalue weighted by Crippen LogP contribution is -2.63. The third kappa shape index (κ3) is 2.98. The van der Waals surface area contributed by atoms with Gasteiger partial charge in [0.25, 0.3) is 0 Å². The van der Waals surface area contributed by atoms with Crippen LogP contribution in [0, 0.1) is 11.3 Å². The van der Waals surface area contributed by atoms with Gasteiger partial charge in [-0.3, -0.25) is 0 Å². The van der Waals surface area contributed by atoms with Crippen molar-refractivity contribution in [1.82, 2.24) is 4.31 Å². The van der Waals surface area contributed by atoms with Gasteiger partial charge in [0.1, 0.15) is 18.3 Å². The van der Waals surface area contributed by atoms with E-state index in [1.165, 1.54) is 7.05 Å². The van der Waals surface area contributed by atoms with Crippen LogP contribution in [0.4, 0.5) is 0 Å². The zero-order valence-corrected chi connectivity index (χ0v) is 16.0. The second-order valence-electron chi connectivity index (χ2n) is 7.52. The van der Waals surface area contributed by atoms with Crippen LogP contribution in [-0.4, -0.2) is 74.3 Å². The molecule has 0 spiro atoms. The topological polar surface area (TPSA) is 107 Å². The van der Waals surface area contributed by atoms with E-state index in [2.05, 4.69) is 6.07 Å². The fourth-order valence-corrected chi connectivity index (χ4v) is 4.40. The van der Waals surface area contributed by atoms with Gasteiger partial charge in [-0.15, -0.1) is 0 Å². The van der Waals surface area contributed by atoms with Crippen molar-refractivity contribution in [2.45, 2.75) is 69.4 Å². The third-order valence-electron chi connectivity index (χ3n) is 4.77. The average molecular weight is 376 g/mol. The SMILES string of the molecule is CN([C@]1(C#N)[C@@H]([C@@H]2COC(C)(C)O2)O[C@@H]2OC(C)(C)O[C@@H]21)S(C)(=O)=O. The van der Waals surface area contributed by atoms with Crippen LogP contribution in [0.3, 0.4) is 0 Å². The normalized spacial score (nSPS) is 42.5. The van der Waals surface area contributed by atoms with Gasteiger partial charge >= 0.3 is 0 Å². The standard InChI is InChI=1S/C15H24N2O7S/c1-13(2)20-7-9(22-13)10-15(8-16,17(5)25(6,18)19)11-12(21-10)24-14(3,4)23-11/h9-12H,7H2,1-6H3/t9-,10+,11-,12+,15+/m0/s1. The molecule has 25 heavy (non-hydrogen) atoms. The van der Waals surface area contributed by atoms with Gasteiger partial charge in [0.2, 0.25) is 10.0 Å². The van der Waals surface area contributed by atoms with Crippen LogP contribution in [0.1, 0.15) is 27.7 Å². The van der Waals surface area contributed by atoms with E-state index < -0.39 is 51.7 Å². The Hall–Kier alpha value is -0.800. The van der Waals surface area contributed by atoms with Crippen molar-refractivity contribution in [3.8, 4) is 6.07 Å². The Morgan fingerprint density at radius 3 is 2.20 bits per heavy atom. The predicted octanol–water partition coefficient (Wildman–Crippen LogP) is 0.168. The highest BCUT2D eigenvalue weighted by molar-refractivity contribution is 7.88. The summed E-state index contributed by atoms with van der Waals surface area (Å²) in [6.07, 6.45) is -2.32. The summed E-state index contributed by atoms with van der Waals surface area (Å²) in [4.78, 5) is 0. The first kappa shape index (κ1) is 19.0. The van der Waals surface area contributed by atoms with Crippen LogP contribution in [0.25, 0.3) is 0 Å². The minimum absolute atomic E-state index is 0.168. The van der Waals surface area contributed by atoms with Gasteiger partial charge in [0, 0.05) is 7.05 Å². The van der Waals surface area contributed by atoms with E-state index in [1.54, 1.807) is 27.7 Å². The molecule has 3 saturated heterocycles. The fourth-order valence-electron chi connectivity index (χ4n) is 3.60. The highest BCUT2D eigenvalue weighted by Crippen LogP contribution is 2.48. The summed E-state index contributed by atoms with van der Waals surface area (Å²) in [5.74, 6) is -1.84. The number of nitrogens with zero attached hydrogens (tertiary/aromatic N) is 2. The van der Waals surface area contributed by atoms with Crippen LogP contribution in [-0.2, 0) is 33.7 Å². The molecular formula is C15H24N2O7S. The molecule has 3 rings (SSSR count). The Morgan fingerprint density at radius 2 is 1.72 bits per heavy atom. The molecule has 0 unspecified atom stereocenters. The number of rotatable bonds is 3. The summed E-state index contributed by atoms with van der Waals surface area (Å²) in [7, 11) is -2.38. The van der Waals surface area contributed by atoms with Gasteiger partial charge in [-0.1, -0.05) is 0 Å². The van der Waals surface area contributed by atoms with E-state index in [0.717, 1.165) is 10.6 Å². The molecule has 3 aliphatic rings. The summed E-state index contributed by atoms with van der Waals surface area (Å²) < 4.78 is 54.5. The number of likely N-dealkylation sites (N-methyl/N-ethyl adjacent to an activating group) is 1. The van der Waals surface area contributed by atoms with Crippen molar-refractivity contribution in [3.63, 3.8) is 0 Å². The quantitative estimate of drug-likeness (QED) is 0.686. The molecule has 9 nitrogen and oxygen atoms in total. The molecule has 0 aromatic heterocycles. The number of sulfonamides is 1. The lowest BCUT2D eigenvalue weighted by molar-refractivity contribution is -0.230. The zero-order valence-electron chi connectivity index (χ0n) is 15.2. The van der Waals surface area contributed by atoms with E-state index in [0.29, 0.717) is 0 Å². The summed E-state index contributed by atoms with van der Waals surface area (Å²) in [5, 5.41) is 10.1. The number of hydrogen-bond donors (Lipinski definition) is 0. The molecule has 0 aromatic rings. The van der Waals surface area contributed by atoms with Crippen LogP contribution in [0.15, 0.2) is 0 Å². The molecule has 0 aliphatic carbocycles. The molecule has 0 bridgehead atoms. The Kier molecular flexibility index (Phi) is 4.25. The van der Waals surface area contributed by atoms with E-state index in [9.17, 15) is 13.7 Å². The lowest BCUT2D eigenvalue weighted by Gasteiger charge is -2.39. The third-order valence-corrected chi connectivity index (χ3v) is 6.07. The van der Waals surface area contributed by atoms with E-state index in [4.69, 9.17) is 23.7 Å². The number of ether oxygens (including phenoxy) is 5. The molecule has 0 N–H and O–H groups in total. The molecule has 5 atom stereocenters. The van der Waals surface area contributed by atoms with Gasteiger partial charge in [0.15, 0.2) is 23.4 Å². The van der Waals surface area contributed by atoms with Crippen molar-refractivity contribution in [3.05, 3.63) is 0 Å². The first-order valence-electron chi connectivity index (χ1n) is 8.00.